The van der Waals surface area contributed by atoms with E-state index >= 15 is 0 Å². The Balaban J connectivity index is 3.22. The lowest BCUT2D eigenvalue weighted by Crippen LogP contribution is -2.29. The third-order valence-electron chi connectivity index (χ3n) is 2.26. The highest BCUT2D eigenvalue weighted by molar-refractivity contribution is 5.98. The number of aromatic nitrogens is 1. The van der Waals surface area contributed by atoms with E-state index in [-0.39, 0.29) is 6.04 Å². The standard InChI is InChI=1S/C10H16N4O/c1-6(2)14(3)10-8(9(12)15)4-7(11)5-13-10/h4-6H,11H2,1-3H3,(H2,12,15). The molecule has 1 amide bonds. The quantitative estimate of drug-likeness (QED) is 0.762. The van der Waals surface area contributed by atoms with E-state index in [0.717, 1.165) is 0 Å². The molecule has 1 heterocycles. The van der Waals surface area contributed by atoms with Crippen LogP contribution in [0.4, 0.5) is 11.5 Å². The first-order valence-electron chi connectivity index (χ1n) is 4.71. The number of rotatable bonds is 3. The molecule has 0 aliphatic rings. The molecule has 1 aromatic heterocycles. The van der Waals surface area contributed by atoms with Crippen LogP contribution >= 0.6 is 0 Å². The fourth-order valence-corrected chi connectivity index (χ4v) is 1.18. The number of nitrogen functional groups attached to an aromatic ring is 1. The lowest BCUT2D eigenvalue weighted by atomic mass is 10.2. The molecular formula is C10H16N4O. The molecule has 0 radical (unpaired) electrons. The van der Waals surface area contributed by atoms with Crippen LogP contribution in [0.2, 0.25) is 0 Å². The van der Waals surface area contributed by atoms with Gasteiger partial charge in [0.15, 0.2) is 0 Å². The maximum absolute atomic E-state index is 11.2. The smallest absolute Gasteiger partial charge is 0.252 e. The Hall–Kier alpha value is -1.78. The van der Waals surface area contributed by atoms with Gasteiger partial charge in [0.05, 0.1) is 17.4 Å². The molecular weight excluding hydrogens is 192 g/mol. The Bertz CT molecular complexity index is 376. The summed E-state index contributed by atoms with van der Waals surface area (Å²) in [7, 11) is 1.86. The van der Waals surface area contributed by atoms with Gasteiger partial charge in [0.2, 0.25) is 0 Å². The second-order valence-electron chi connectivity index (χ2n) is 3.71. The molecule has 82 valence electrons. The van der Waals surface area contributed by atoms with Crippen molar-refractivity contribution in [3.8, 4) is 0 Å². The summed E-state index contributed by atoms with van der Waals surface area (Å²) >= 11 is 0. The van der Waals surface area contributed by atoms with Crippen LogP contribution in [-0.2, 0) is 0 Å². The average molecular weight is 208 g/mol. The van der Waals surface area contributed by atoms with E-state index in [9.17, 15) is 4.79 Å². The summed E-state index contributed by atoms with van der Waals surface area (Å²) in [6.45, 7) is 4.01. The van der Waals surface area contributed by atoms with Gasteiger partial charge in [-0.3, -0.25) is 4.79 Å². The van der Waals surface area contributed by atoms with Crippen molar-refractivity contribution in [2.45, 2.75) is 19.9 Å². The Morgan fingerprint density at radius 3 is 2.60 bits per heavy atom. The Kier molecular flexibility index (Phi) is 3.14. The number of amides is 1. The zero-order valence-corrected chi connectivity index (χ0v) is 9.19. The zero-order valence-electron chi connectivity index (χ0n) is 9.19. The van der Waals surface area contributed by atoms with Gasteiger partial charge in [-0.25, -0.2) is 4.98 Å². The Morgan fingerprint density at radius 2 is 2.13 bits per heavy atom. The molecule has 15 heavy (non-hydrogen) atoms. The van der Waals surface area contributed by atoms with E-state index in [0.29, 0.717) is 17.1 Å². The molecule has 0 aliphatic carbocycles. The van der Waals surface area contributed by atoms with Crippen molar-refractivity contribution in [2.24, 2.45) is 5.73 Å². The number of carbonyl (C=O) groups is 1. The topological polar surface area (TPSA) is 85.2 Å². The molecule has 0 saturated heterocycles. The maximum Gasteiger partial charge on any atom is 0.252 e. The van der Waals surface area contributed by atoms with Gasteiger partial charge in [-0.05, 0) is 19.9 Å². The third kappa shape index (κ3) is 2.37. The first-order chi connectivity index (χ1) is 6.93. The first kappa shape index (κ1) is 11.3. The van der Waals surface area contributed by atoms with Gasteiger partial charge in [0.1, 0.15) is 5.82 Å². The minimum Gasteiger partial charge on any atom is -0.397 e. The van der Waals surface area contributed by atoms with E-state index in [1.165, 1.54) is 6.20 Å². The van der Waals surface area contributed by atoms with Crippen molar-refractivity contribution in [1.82, 2.24) is 4.98 Å². The molecule has 1 aromatic rings. The monoisotopic (exact) mass is 208 g/mol. The second-order valence-corrected chi connectivity index (χ2v) is 3.71. The largest absolute Gasteiger partial charge is 0.397 e. The van der Waals surface area contributed by atoms with Crippen molar-refractivity contribution in [3.05, 3.63) is 17.8 Å². The van der Waals surface area contributed by atoms with Crippen LogP contribution in [0.1, 0.15) is 24.2 Å². The zero-order chi connectivity index (χ0) is 11.6. The summed E-state index contributed by atoms with van der Waals surface area (Å²) in [4.78, 5) is 17.2. The summed E-state index contributed by atoms with van der Waals surface area (Å²) < 4.78 is 0. The van der Waals surface area contributed by atoms with Crippen molar-refractivity contribution in [3.63, 3.8) is 0 Å². The summed E-state index contributed by atoms with van der Waals surface area (Å²) in [6, 6.07) is 1.78. The van der Waals surface area contributed by atoms with Crippen molar-refractivity contribution in [2.75, 3.05) is 17.7 Å². The van der Waals surface area contributed by atoms with E-state index in [2.05, 4.69) is 4.98 Å². The number of hydrogen-bond donors (Lipinski definition) is 2. The van der Waals surface area contributed by atoms with E-state index in [1.807, 2.05) is 25.8 Å². The molecule has 0 unspecified atom stereocenters. The van der Waals surface area contributed by atoms with Gasteiger partial charge in [0, 0.05) is 13.1 Å². The number of primary amides is 1. The Morgan fingerprint density at radius 1 is 1.53 bits per heavy atom. The number of nitrogens with two attached hydrogens (primary N) is 2. The minimum absolute atomic E-state index is 0.235. The SMILES string of the molecule is CC(C)N(C)c1ncc(N)cc1C(N)=O. The molecule has 4 N–H and O–H groups in total. The predicted molar refractivity (Wildman–Crippen MR) is 60.7 cm³/mol. The highest BCUT2D eigenvalue weighted by Crippen LogP contribution is 2.19. The molecule has 0 aromatic carbocycles. The van der Waals surface area contributed by atoms with Crippen molar-refractivity contribution in [1.29, 1.82) is 0 Å². The lowest BCUT2D eigenvalue weighted by Gasteiger charge is -2.24. The predicted octanol–water partition coefficient (Wildman–Crippen LogP) is 0.607. The van der Waals surface area contributed by atoms with Gasteiger partial charge in [-0.1, -0.05) is 0 Å². The molecule has 5 nitrogen and oxygen atoms in total. The number of anilines is 2. The number of carbonyl (C=O) groups excluding carboxylic acids is 1. The lowest BCUT2D eigenvalue weighted by molar-refractivity contribution is 0.100. The maximum atomic E-state index is 11.2. The average Bonchev–Trinajstić information content (AvgIpc) is 2.16. The van der Waals surface area contributed by atoms with Crippen molar-refractivity contribution >= 4 is 17.4 Å². The van der Waals surface area contributed by atoms with Gasteiger partial charge >= 0.3 is 0 Å². The Labute approximate surface area is 89.1 Å². The molecule has 5 heteroatoms. The number of nitrogens with zero attached hydrogens (tertiary/aromatic N) is 2. The minimum atomic E-state index is -0.516. The highest BCUT2D eigenvalue weighted by atomic mass is 16.1. The molecule has 1 rings (SSSR count). The van der Waals surface area contributed by atoms with Gasteiger partial charge in [-0.2, -0.15) is 0 Å². The normalized spacial score (nSPS) is 10.4. The van der Waals surface area contributed by atoms with E-state index in [4.69, 9.17) is 11.5 Å². The van der Waals surface area contributed by atoms with Crippen LogP contribution in [-0.4, -0.2) is 24.0 Å². The number of hydrogen-bond acceptors (Lipinski definition) is 4. The van der Waals surface area contributed by atoms with Gasteiger partial charge in [-0.15, -0.1) is 0 Å². The molecule has 0 fully saturated rings. The molecule has 0 saturated carbocycles. The number of pyridine rings is 1. The first-order valence-corrected chi connectivity index (χ1v) is 4.71. The van der Waals surface area contributed by atoms with Gasteiger partial charge in [0.25, 0.3) is 5.91 Å². The van der Waals surface area contributed by atoms with Gasteiger partial charge < -0.3 is 16.4 Å². The highest BCUT2D eigenvalue weighted by Gasteiger charge is 2.15. The molecule has 0 spiro atoms. The van der Waals surface area contributed by atoms with Crippen molar-refractivity contribution < 1.29 is 4.79 Å². The fraction of sp³-hybridized carbons (Fsp3) is 0.400. The molecule has 0 atom stereocenters. The summed E-state index contributed by atoms with van der Waals surface area (Å²) in [5.41, 5.74) is 11.6. The van der Waals surface area contributed by atoms with Crippen LogP contribution in [0.25, 0.3) is 0 Å². The van der Waals surface area contributed by atoms with E-state index in [1.54, 1.807) is 6.07 Å². The third-order valence-corrected chi connectivity index (χ3v) is 2.26. The molecule has 0 bridgehead atoms. The van der Waals surface area contributed by atoms with Crippen LogP contribution in [0.15, 0.2) is 12.3 Å². The van der Waals surface area contributed by atoms with Crippen LogP contribution in [0.5, 0.6) is 0 Å². The molecule has 0 aliphatic heterocycles. The summed E-state index contributed by atoms with van der Waals surface area (Å²) in [6.07, 6.45) is 1.51. The second kappa shape index (κ2) is 4.16. The van der Waals surface area contributed by atoms with Crippen LogP contribution < -0.4 is 16.4 Å². The summed E-state index contributed by atoms with van der Waals surface area (Å²) in [5.74, 6) is 0.0454. The van der Waals surface area contributed by atoms with E-state index < -0.39 is 5.91 Å². The van der Waals surface area contributed by atoms with Crippen LogP contribution in [0.3, 0.4) is 0 Å². The summed E-state index contributed by atoms with van der Waals surface area (Å²) in [5, 5.41) is 0. The van der Waals surface area contributed by atoms with Crippen LogP contribution in [0, 0.1) is 0 Å². The fourth-order valence-electron chi connectivity index (χ4n) is 1.18.